The van der Waals surface area contributed by atoms with Crippen molar-refractivity contribution in [3.63, 3.8) is 0 Å². The number of aliphatic hydroxyl groups excluding tert-OH is 1. The zero-order valence-electron chi connectivity index (χ0n) is 20.4. The maximum Gasteiger partial charge on any atom is 0.246 e. The number of nitrogens with two attached hydrogens (primary N) is 1. The molecule has 0 amide bonds. The molecule has 1 aliphatic carbocycles. The number of aliphatic hydroxyl groups is 1. The van der Waals surface area contributed by atoms with Gasteiger partial charge in [-0.2, -0.15) is 4.98 Å². The Kier molecular flexibility index (Phi) is 6.58. The molecule has 3 heterocycles. The van der Waals surface area contributed by atoms with E-state index in [1.165, 1.54) is 50.5 Å². The van der Waals surface area contributed by atoms with Crippen molar-refractivity contribution in [2.45, 2.75) is 76.4 Å². The molecule has 1 aromatic heterocycles. The zero-order chi connectivity index (χ0) is 23.7. The maximum absolute atomic E-state index is 9.70. The van der Waals surface area contributed by atoms with E-state index in [2.05, 4.69) is 39.1 Å². The highest BCUT2D eigenvalue weighted by Gasteiger charge is 2.35. The minimum absolute atomic E-state index is 0.0789. The number of hydrogen-bond donors (Lipinski definition) is 2. The van der Waals surface area contributed by atoms with Crippen molar-refractivity contribution in [1.82, 2.24) is 14.9 Å². The molecule has 0 spiro atoms. The molecule has 2 fully saturated rings. The van der Waals surface area contributed by atoms with Gasteiger partial charge in [0.1, 0.15) is 11.9 Å². The predicted molar refractivity (Wildman–Crippen MR) is 135 cm³/mol. The highest BCUT2D eigenvalue weighted by molar-refractivity contribution is 6.09. The lowest BCUT2D eigenvalue weighted by molar-refractivity contribution is 0.0784. The summed E-state index contributed by atoms with van der Waals surface area (Å²) in [4.78, 5) is 15.6. The van der Waals surface area contributed by atoms with Gasteiger partial charge in [-0.15, -0.1) is 0 Å². The van der Waals surface area contributed by atoms with Gasteiger partial charge in [-0.3, -0.25) is 0 Å². The summed E-state index contributed by atoms with van der Waals surface area (Å²) < 4.78 is 6.12. The highest BCUT2D eigenvalue weighted by atomic mass is 16.5. The van der Waals surface area contributed by atoms with Crippen molar-refractivity contribution < 1.29 is 9.84 Å². The van der Waals surface area contributed by atoms with Gasteiger partial charge in [-0.25, -0.2) is 9.98 Å². The van der Waals surface area contributed by atoms with E-state index in [0.29, 0.717) is 23.3 Å². The number of anilines is 1. The molecule has 0 unspecified atom stereocenters. The first-order valence-corrected chi connectivity index (χ1v) is 12.8. The van der Waals surface area contributed by atoms with Crippen molar-refractivity contribution in [1.29, 1.82) is 0 Å². The van der Waals surface area contributed by atoms with E-state index in [4.69, 9.17) is 15.5 Å². The summed E-state index contributed by atoms with van der Waals surface area (Å²) in [7, 11) is 0. The van der Waals surface area contributed by atoms with Crippen LogP contribution in [0.25, 0.3) is 0 Å². The Morgan fingerprint density at radius 2 is 1.74 bits per heavy atom. The number of aromatic nitrogens is 2. The quantitative estimate of drug-likeness (QED) is 0.679. The number of ether oxygens (including phenoxy) is 1. The van der Waals surface area contributed by atoms with E-state index in [-0.39, 0.29) is 6.10 Å². The first-order valence-electron chi connectivity index (χ1n) is 12.8. The molecule has 34 heavy (non-hydrogen) atoms. The minimum atomic E-state index is -0.597. The number of likely N-dealkylation sites (tertiary alicyclic amines) is 1. The molecule has 5 rings (SSSR count). The molecule has 7 heteroatoms. The molecule has 3 aliphatic rings. The van der Waals surface area contributed by atoms with Gasteiger partial charge in [0, 0.05) is 18.7 Å². The second-order valence-electron chi connectivity index (χ2n) is 10.7. The summed E-state index contributed by atoms with van der Waals surface area (Å²) in [5.74, 6) is 2.25. The van der Waals surface area contributed by atoms with Crippen molar-refractivity contribution in [3.05, 3.63) is 41.7 Å². The molecule has 1 saturated heterocycles. The van der Waals surface area contributed by atoms with Crippen LogP contribution in [0.3, 0.4) is 0 Å². The lowest BCUT2D eigenvalue weighted by atomic mass is 9.77. The molecular weight excluding hydrogens is 426 g/mol. The fourth-order valence-electron chi connectivity index (χ4n) is 5.71. The van der Waals surface area contributed by atoms with E-state index in [1.54, 1.807) is 0 Å². The number of rotatable bonds is 5. The average Bonchev–Trinajstić information content (AvgIpc) is 2.83. The summed E-state index contributed by atoms with van der Waals surface area (Å²) in [6.07, 6.45) is 9.65. The Morgan fingerprint density at radius 1 is 1.03 bits per heavy atom. The van der Waals surface area contributed by atoms with Crippen LogP contribution in [0.4, 0.5) is 11.5 Å². The van der Waals surface area contributed by atoms with Crippen molar-refractivity contribution in [2.24, 2.45) is 10.9 Å². The number of benzene rings is 1. The largest absolute Gasteiger partial charge is 0.463 e. The lowest BCUT2D eigenvalue weighted by Crippen LogP contribution is -2.41. The van der Waals surface area contributed by atoms with Crippen molar-refractivity contribution >= 4 is 17.2 Å². The third kappa shape index (κ3) is 4.96. The number of piperidine rings is 1. The number of hydrogen-bond acceptors (Lipinski definition) is 7. The molecule has 0 bridgehead atoms. The minimum Gasteiger partial charge on any atom is -0.463 e. The third-order valence-corrected chi connectivity index (χ3v) is 7.88. The predicted octanol–water partition coefficient (Wildman–Crippen LogP) is 4.47. The lowest BCUT2D eigenvalue weighted by Gasteiger charge is -2.33. The van der Waals surface area contributed by atoms with Crippen LogP contribution in [-0.2, 0) is 0 Å². The molecule has 7 nitrogen and oxygen atoms in total. The number of fused-ring (bicyclic) bond motifs is 1. The second kappa shape index (κ2) is 9.62. The molecule has 1 saturated carbocycles. The van der Waals surface area contributed by atoms with Gasteiger partial charge in [0.2, 0.25) is 5.88 Å². The van der Waals surface area contributed by atoms with Gasteiger partial charge in [0.05, 0.1) is 11.8 Å². The summed E-state index contributed by atoms with van der Waals surface area (Å²) in [6, 6.07) is 8.86. The van der Waals surface area contributed by atoms with Crippen LogP contribution in [0.2, 0.25) is 0 Å². The summed E-state index contributed by atoms with van der Waals surface area (Å²) in [5, 5.41) is 9.70. The van der Waals surface area contributed by atoms with E-state index in [9.17, 15) is 5.11 Å². The van der Waals surface area contributed by atoms with E-state index in [1.807, 2.05) is 13.8 Å². The van der Waals surface area contributed by atoms with Crippen LogP contribution in [0.1, 0.15) is 75.8 Å². The molecule has 0 atom stereocenters. The average molecular weight is 464 g/mol. The van der Waals surface area contributed by atoms with E-state index >= 15 is 0 Å². The highest BCUT2D eigenvalue weighted by Crippen LogP contribution is 2.40. The van der Waals surface area contributed by atoms with Crippen LogP contribution >= 0.6 is 0 Å². The number of aliphatic imine (C=N–C) groups is 1. The van der Waals surface area contributed by atoms with Crippen LogP contribution in [0.5, 0.6) is 5.88 Å². The summed E-state index contributed by atoms with van der Waals surface area (Å²) >= 11 is 0. The Labute approximate surface area is 202 Å². The Morgan fingerprint density at radius 3 is 2.44 bits per heavy atom. The SMILES string of the molecule is CC1(C)Oc2ncnc(N)c2N=C1c1ccc(C2CCC(CCN3CCC(O)CC3)CC2)cc1. The van der Waals surface area contributed by atoms with Gasteiger partial charge in [0.25, 0.3) is 0 Å². The monoisotopic (exact) mass is 463 g/mol. The molecule has 2 aliphatic heterocycles. The summed E-state index contributed by atoms with van der Waals surface area (Å²) in [5.41, 5.74) is 9.25. The standard InChI is InChI=1S/C27H37N5O2/c1-27(2)24(31-23-25(28)29-17-30-26(23)34-27)21-9-7-20(8-10-21)19-5-3-18(4-6-19)11-14-32-15-12-22(33)13-16-32/h7-10,17-19,22,33H,3-6,11-16H2,1-2H3,(H2,28,29,30). The normalized spacial score (nSPS) is 25.3. The summed E-state index contributed by atoms with van der Waals surface area (Å²) in [6.45, 7) is 7.32. The molecule has 3 N–H and O–H groups in total. The van der Waals surface area contributed by atoms with Crippen LogP contribution in [0, 0.1) is 5.92 Å². The third-order valence-electron chi connectivity index (χ3n) is 7.88. The number of nitrogen functional groups attached to an aromatic ring is 1. The Balaban J connectivity index is 1.19. The first kappa shape index (κ1) is 23.2. The molecule has 1 aromatic carbocycles. The fraction of sp³-hybridized carbons (Fsp3) is 0.593. The smallest absolute Gasteiger partial charge is 0.246 e. The fourth-order valence-corrected chi connectivity index (χ4v) is 5.71. The van der Waals surface area contributed by atoms with Crippen molar-refractivity contribution in [2.75, 3.05) is 25.4 Å². The van der Waals surface area contributed by atoms with Crippen LogP contribution in [0.15, 0.2) is 35.6 Å². The van der Waals surface area contributed by atoms with Crippen LogP contribution < -0.4 is 10.5 Å². The zero-order valence-corrected chi connectivity index (χ0v) is 20.4. The van der Waals surface area contributed by atoms with Gasteiger partial charge in [-0.05, 0) is 82.7 Å². The second-order valence-corrected chi connectivity index (χ2v) is 10.7. The molecule has 2 aromatic rings. The van der Waals surface area contributed by atoms with Gasteiger partial charge in [0.15, 0.2) is 11.5 Å². The van der Waals surface area contributed by atoms with Gasteiger partial charge in [-0.1, -0.05) is 24.3 Å². The van der Waals surface area contributed by atoms with E-state index < -0.39 is 5.60 Å². The molecule has 0 radical (unpaired) electrons. The Bertz CT molecular complexity index is 1020. The van der Waals surface area contributed by atoms with Gasteiger partial charge < -0.3 is 20.5 Å². The molecular formula is C27H37N5O2. The van der Waals surface area contributed by atoms with Gasteiger partial charge >= 0.3 is 0 Å². The number of nitrogens with zero attached hydrogens (tertiary/aromatic N) is 4. The topological polar surface area (TPSA) is 96.9 Å². The maximum atomic E-state index is 9.70. The first-order chi connectivity index (χ1) is 16.4. The Hall–Kier alpha value is -2.51. The van der Waals surface area contributed by atoms with Crippen LogP contribution in [-0.4, -0.2) is 57.0 Å². The molecule has 182 valence electrons. The van der Waals surface area contributed by atoms with E-state index in [0.717, 1.165) is 43.1 Å². The van der Waals surface area contributed by atoms with Crippen molar-refractivity contribution in [3.8, 4) is 5.88 Å².